The molecule has 2 fully saturated rings. The van der Waals surface area contributed by atoms with Gasteiger partial charge in [0.15, 0.2) is 0 Å². The summed E-state index contributed by atoms with van der Waals surface area (Å²) in [6.07, 6.45) is 6.05. The first-order valence-electron chi connectivity index (χ1n) is 10.3. The van der Waals surface area contributed by atoms with E-state index in [0.29, 0.717) is 25.9 Å². The van der Waals surface area contributed by atoms with Crippen LogP contribution in [0.2, 0.25) is 0 Å². The highest BCUT2D eigenvalue weighted by atomic mass is 32.2. The predicted octanol–water partition coefficient (Wildman–Crippen LogP) is 3.09. The quantitative estimate of drug-likeness (QED) is 0.806. The van der Waals surface area contributed by atoms with Crippen molar-refractivity contribution in [1.29, 1.82) is 0 Å². The summed E-state index contributed by atoms with van der Waals surface area (Å²) in [6.45, 7) is 3.08. The third-order valence-electron chi connectivity index (χ3n) is 6.70. The van der Waals surface area contributed by atoms with Gasteiger partial charge in [-0.2, -0.15) is 0 Å². The zero-order chi connectivity index (χ0) is 21.2. The molecule has 162 valence electrons. The number of carbonyl (C=O) groups is 1. The molecular formula is C21H32FN3O3S. The number of rotatable bonds is 4. The number of urea groups is 1. The molecule has 6 nitrogen and oxygen atoms in total. The monoisotopic (exact) mass is 425 g/mol. The van der Waals surface area contributed by atoms with Gasteiger partial charge in [0.1, 0.15) is 5.82 Å². The van der Waals surface area contributed by atoms with E-state index in [0.717, 1.165) is 31.2 Å². The Bertz CT molecular complexity index is 829. The maximum atomic E-state index is 13.6. The lowest BCUT2D eigenvalue weighted by atomic mass is 9.69. The van der Waals surface area contributed by atoms with Crippen LogP contribution in [-0.4, -0.2) is 62.1 Å². The number of piperidine rings is 1. The van der Waals surface area contributed by atoms with E-state index in [2.05, 4.69) is 12.2 Å². The van der Waals surface area contributed by atoms with Gasteiger partial charge in [-0.3, -0.25) is 0 Å². The lowest BCUT2D eigenvalue weighted by Gasteiger charge is -2.40. The standard InChI is InChI=1S/C21H32FN3O3S/c1-21(16-5-4-6-17(22)15-16)11-7-18(8-12-21)23-20(26)24(2)19-9-13-25(14-10-19)29(3,27)28/h4-6,15,18-19H,7-14H2,1-3H3,(H,23,26)/t18-,21-. The summed E-state index contributed by atoms with van der Waals surface area (Å²) in [6, 6.07) is 6.90. The molecule has 29 heavy (non-hydrogen) atoms. The Morgan fingerprint density at radius 1 is 1.21 bits per heavy atom. The highest BCUT2D eigenvalue weighted by Crippen LogP contribution is 2.39. The van der Waals surface area contributed by atoms with Crippen LogP contribution in [0.4, 0.5) is 9.18 Å². The fourth-order valence-corrected chi connectivity index (χ4v) is 5.43. The van der Waals surface area contributed by atoms with Gasteiger partial charge in [0.05, 0.1) is 6.26 Å². The van der Waals surface area contributed by atoms with Crippen molar-refractivity contribution >= 4 is 16.1 Å². The zero-order valence-corrected chi connectivity index (χ0v) is 18.3. The van der Waals surface area contributed by atoms with E-state index in [-0.39, 0.29) is 29.3 Å². The van der Waals surface area contributed by atoms with E-state index >= 15 is 0 Å². The number of halogens is 1. The van der Waals surface area contributed by atoms with Crippen molar-refractivity contribution in [3.63, 3.8) is 0 Å². The van der Waals surface area contributed by atoms with E-state index in [9.17, 15) is 17.6 Å². The lowest BCUT2D eigenvalue weighted by Crippen LogP contribution is -2.52. The molecule has 2 aliphatic rings. The van der Waals surface area contributed by atoms with Gasteiger partial charge in [-0.1, -0.05) is 19.1 Å². The predicted molar refractivity (Wildman–Crippen MR) is 112 cm³/mol. The summed E-state index contributed by atoms with van der Waals surface area (Å²) in [5, 5.41) is 3.14. The van der Waals surface area contributed by atoms with Crippen LogP contribution in [0, 0.1) is 5.82 Å². The van der Waals surface area contributed by atoms with Gasteiger partial charge in [-0.15, -0.1) is 0 Å². The largest absolute Gasteiger partial charge is 0.335 e. The van der Waals surface area contributed by atoms with Crippen molar-refractivity contribution in [2.75, 3.05) is 26.4 Å². The van der Waals surface area contributed by atoms with E-state index in [1.54, 1.807) is 24.1 Å². The third-order valence-corrected chi connectivity index (χ3v) is 8.00. The molecule has 1 saturated carbocycles. The van der Waals surface area contributed by atoms with Crippen LogP contribution < -0.4 is 5.32 Å². The van der Waals surface area contributed by atoms with Gasteiger partial charge in [0, 0.05) is 32.2 Å². The van der Waals surface area contributed by atoms with Crippen LogP contribution in [0.3, 0.4) is 0 Å². The number of hydrogen-bond acceptors (Lipinski definition) is 3. The van der Waals surface area contributed by atoms with Crippen molar-refractivity contribution < 1.29 is 17.6 Å². The molecule has 0 aromatic heterocycles. The maximum absolute atomic E-state index is 13.6. The molecule has 0 radical (unpaired) electrons. The van der Waals surface area contributed by atoms with Gasteiger partial charge in [-0.25, -0.2) is 21.9 Å². The molecule has 1 aliphatic carbocycles. The zero-order valence-electron chi connectivity index (χ0n) is 17.5. The first-order chi connectivity index (χ1) is 13.6. The highest BCUT2D eigenvalue weighted by molar-refractivity contribution is 7.88. The number of nitrogens with one attached hydrogen (secondary N) is 1. The van der Waals surface area contributed by atoms with Gasteiger partial charge < -0.3 is 10.2 Å². The first-order valence-corrected chi connectivity index (χ1v) is 12.2. The highest BCUT2D eigenvalue weighted by Gasteiger charge is 2.35. The Labute approximate surface area is 173 Å². The summed E-state index contributed by atoms with van der Waals surface area (Å²) in [5.74, 6) is -0.206. The summed E-state index contributed by atoms with van der Waals surface area (Å²) in [7, 11) is -1.38. The summed E-state index contributed by atoms with van der Waals surface area (Å²) in [5.41, 5.74) is 0.963. The Kier molecular flexibility index (Phi) is 6.53. The SMILES string of the molecule is CN(C(=O)N[C@H]1CC[C@](C)(c2cccc(F)c2)CC1)C1CCN(S(C)(=O)=O)CC1. The molecule has 8 heteroatoms. The van der Waals surface area contributed by atoms with Crippen molar-refractivity contribution in [3.05, 3.63) is 35.6 Å². The number of benzene rings is 1. The Morgan fingerprint density at radius 2 is 1.83 bits per heavy atom. The molecule has 0 spiro atoms. The molecule has 1 N–H and O–H groups in total. The molecule has 0 unspecified atom stereocenters. The molecule has 1 saturated heterocycles. The summed E-state index contributed by atoms with van der Waals surface area (Å²) < 4.78 is 38.4. The van der Waals surface area contributed by atoms with Crippen LogP contribution in [0.25, 0.3) is 0 Å². The van der Waals surface area contributed by atoms with Gasteiger partial charge in [0.2, 0.25) is 10.0 Å². The Balaban J connectivity index is 1.49. The van der Waals surface area contributed by atoms with Gasteiger partial charge >= 0.3 is 6.03 Å². The molecular weight excluding hydrogens is 393 g/mol. The third kappa shape index (κ3) is 5.28. The topological polar surface area (TPSA) is 69.7 Å². The molecule has 3 rings (SSSR count). The van der Waals surface area contributed by atoms with Crippen molar-refractivity contribution in [2.45, 2.75) is 62.9 Å². The van der Waals surface area contributed by atoms with Crippen LogP contribution in [-0.2, 0) is 15.4 Å². The van der Waals surface area contributed by atoms with Gasteiger partial charge in [-0.05, 0) is 61.6 Å². The summed E-state index contributed by atoms with van der Waals surface area (Å²) in [4.78, 5) is 14.4. The minimum absolute atomic E-state index is 0.0501. The molecule has 2 amide bonds. The fraction of sp³-hybridized carbons (Fsp3) is 0.667. The van der Waals surface area contributed by atoms with E-state index in [1.807, 2.05) is 6.07 Å². The number of nitrogens with zero attached hydrogens (tertiary/aromatic N) is 2. The molecule has 1 aromatic carbocycles. The normalized spacial score (nSPS) is 26.8. The van der Waals surface area contributed by atoms with Gasteiger partial charge in [0.25, 0.3) is 0 Å². The smallest absolute Gasteiger partial charge is 0.317 e. The van der Waals surface area contributed by atoms with Crippen molar-refractivity contribution in [3.8, 4) is 0 Å². The minimum Gasteiger partial charge on any atom is -0.335 e. The molecule has 1 aliphatic heterocycles. The minimum atomic E-state index is -3.16. The number of sulfonamides is 1. The fourth-order valence-electron chi connectivity index (χ4n) is 4.56. The average Bonchev–Trinajstić information content (AvgIpc) is 2.68. The van der Waals surface area contributed by atoms with E-state index in [1.165, 1.54) is 16.6 Å². The van der Waals surface area contributed by atoms with E-state index in [4.69, 9.17) is 0 Å². The summed E-state index contributed by atoms with van der Waals surface area (Å²) >= 11 is 0. The molecule has 0 bridgehead atoms. The Morgan fingerprint density at radius 3 is 2.38 bits per heavy atom. The van der Waals surface area contributed by atoms with E-state index < -0.39 is 10.0 Å². The van der Waals surface area contributed by atoms with Crippen LogP contribution in [0.5, 0.6) is 0 Å². The maximum Gasteiger partial charge on any atom is 0.317 e. The van der Waals surface area contributed by atoms with Crippen molar-refractivity contribution in [2.24, 2.45) is 0 Å². The molecule has 0 atom stereocenters. The second-order valence-electron chi connectivity index (χ2n) is 8.80. The Hall–Kier alpha value is -1.67. The number of carbonyl (C=O) groups excluding carboxylic acids is 1. The number of hydrogen-bond donors (Lipinski definition) is 1. The van der Waals surface area contributed by atoms with Crippen LogP contribution >= 0.6 is 0 Å². The molecule has 1 heterocycles. The van der Waals surface area contributed by atoms with Crippen LogP contribution in [0.15, 0.2) is 24.3 Å². The average molecular weight is 426 g/mol. The second kappa shape index (κ2) is 8.60. The second-order valence-corrected chi connectivity index (χ2v) is 10.8. The first kappa shape index (κ1) is 22.0. The van der Waals surface area contributed by atoms with Crippen LogP contribution in [0.1, 0.15) is 51.0 Å². The number of amides is 2. The van der Waals surface area contributed by atoms with Crippen molar-refractivity contribution in [1.82, 2.24) is 14.5 Å². The molecule has 1 aromatic rings. The lowest BCUT2D eigenvalue weighted by molar-refractivity contribution is 0.155.